The molecule has 0 bridgehead atoms. The molecule has 1 aromatic carbocycles. The van der Waals surface area contributed by atoms with E-state index in [9.17, 15) is 0 Å². The van der Waals surface area contributed by atoms with Crippen molar-refractivity contribution in [1.82, 2.24) is 15.2 Å². The first kappa shape index (κ1) is 10.7. The molecule has 0 unspecified atom stereocenters. The zero-order chi connectivity index (χ0) is 11.7. The van der Waals surface area contributed by atoms with E-state index >= 15 is 0 Å². The van der Waals surface area contributed by atoms with E-state index in [1.54, 1.807) is 0 Å². The van der Waals surface area contributed by atoms with Gasteiger partial charge in [0.25, 0.3) is 0 Å². The minimum Gasteiger partial charge on any atom is -0.439 e. The third-order valence-corrected chi connectivity index (χ3v) is 3.16. The van der Waals surface area contributed by atoms with Crippen LogP contribution in [0.1, 0.15) is 11.5 Å². The quantitative estimate of drug-likeness (QED) is 0.851. The van der Waals surface area contributed by atoms with Crippen LogP contribution in [0.4, 0.5) is 0 Å². The van der Waals surface area contributed by atoms with Crippen LogP contribution in [0.25, 0.3) is 11.1 Å². The maximum absolute atomic E-state index is 5.75. The van der Waals surface area contributed by atoms with Crippen molar-refractivity contribution in [3.63, 3.8) is 0 Å². The van der Waals surface area contributed by atoms with Gasteiger partial charge in [0, 0.05) is 26.2 Å². The fraction of sp³-hybridized carbons (Fsp3) is 0.462. The molecule has 0 amide bonds. The van der Waals surface area contributed by atoms with Crippen LogP contribution in [0.15, 0.2) is 22.6 Å². The van der Waals surface area contributed by atoms with E-state index < -0.39 is 0 Å². The standard InChI is InChI=1S/C13H17N3O/c1-10-2-3-12-11(8-10)15-13(17-12)9-16-6-4-14-5-7-16/h2-3,8,14H,4-7,9H2,1H3. The molecule has 2 heterocycles. The van der Waals surface area contributed by atoms with Gasteiger partial charge in [-0.3, -0.25) is 4.90 Å². The van der Waals surface area contributed by atoms with E-state index in [4.69, 9.17) is 4.42 Å². The van der Waals surface area contributed by atoms with Gasteiger partial charge in [0.2, 0.25) is 5.89 Å². The molecule has 4 heteroatoms. The van der Waals surface area contributed by atoms with Crippen molar-refractivity contribution in [3.8, 4) is 0 Å². The Bertz CT molecular complexity index is 514. The Morgan fingerprint density at radius 1 is 1.35 bits per heavy atom. The van der Waals surface area contributed by atoms with Crippen molar-refractivity contribution in [3.05, 3.63) is 29.7 Å². The highest BCUT2D eigenvalue weighted by molar-refractivity contribution is 5.73. The fourth-order valence-electron chi connectivity index (χ4n) is 2.21. The van der Waals surface area contributed by atoms with Gasteiger partial charge in [0.05, 0.1) is 6.54 Å². The average Bonchev–Trinajstić information content (AvgIpc) is 2.71. The number of fused-ring (bicyclic) bond motifs is 1. The number of piperazine rings is 1. The second kappa shape index (κ2) is 4.47. The predicted molar refractivity (Wildman–Crippen MR) is 66.9 cm³/mol. The van der Waals surface area contributed by atoms with Gasteiger partial charge in [-0.25, -0.2) is 4.98 Å². The number of benzene rings is 1. The first-order chi connectivity index (χ1) is 8.31. The number of aryl methyl sites for hydroxylation is 1. The Hall–Kier alpha value is -1.39. The molecule has 2 aromatic rings. The molecule has 0 saturated carbocycles. The van der Waals surface area contributed by atoms with E-state index in [2.05, 4.69) is 34.3 Å². The lowest BCUT2D eigenvalue weighted by atomic mass is 10.2. The lowest BCUT2D eigenvalue weighted by Gasteiger charge is -2.25. The molecule has 3 rings (SSSR count). The summed E-state index contributed by atoms with van der Waals surface area (Å²) in [6.45, 7) is 7.13. The molecule has 90 valence electrons. The third-order valence-electron chi connectivity index (χ3n) is 3.16. The van der Waals surface area contributed by atoms with Crippen LogP contribution in [0.5, 0.6) is 0 Å². The number of nitrogens with one attached hydrogen (secondary N) is 1. The van der Waals surface area contributed by atoms with Gasteiger partial charge in [0.1, 0.15) is 5.52 Å². The molecule has 1 saturated heterocycles. The molecular weight excluding hydrogens is 214 g/mol. The van der Waals surface area contributed by atoms with Crippen LogP contribution in [0.2, 0.25) is 0 Å². The van der Waals surface area contributed by atoms with E-state index in [-0.39, 0.29) is 0 Å². The van der Waals surface area contributed by atoms with Gasteiger partial charge in [-0.15, -0.1) is 0 Å². The van der Waals surface area contributed by atoms with Crippen molar-refractivity contribution in [2.45, 2.75) is 13.5 Å². The number of rotatable bonds is 2. The Balaban J connectivity index is 1.80. The summed E-state index contributed by atoms with van der Waals surface area (Å²) in [4.78, 5) is 6.91. The number of nitrogens with zero attached hydrogens (tertiary/aromatic N) is 2. The van der Waals surface area contributed by atoms with Crippen LogP contribution < -0.4 is 5.32 Å². The summed E-state index contributed by atoms with van der Waals surface area (Å²) in [6.07, 6.45) is 0. The molecule has 4 nitrogen and oxygen atoms in total. The predicted octanol–water partition coefficient (Wildman–Crippen LogP) is 1.54. The van der Waals surface area contributed by atoms with Gasteiger partial charge in [-0.2, -0.15) is 0 Å². The fourth-order valence-corrected chi connectivity index (χ4v) is 2.21. The van der Waals surface area contributed by atoms with E-state index in [1.165, 1.54) is 5.56 Å². The van der Waals surface area contributed by atoms with Crippen molar-refractivity contribution < 1.29 is 4.42 Å². The highest BCUT2D eigenvalue weighted by atomic mass is 16.3. The Morgan fingerprint density at radius 2 is 2.18 bits per heavy atom. The lowest BCUT2D eigenvalue weighted by Crippen LogP contribution is -2.42. The van der Waals surface area contributed by atoms with Crippen molar-refractivity contribution in [1.29, 1.82) is 0 Å². The maximum Gasteiger partial charge on any atom is 0.209 e. The first-order valence-electron chi connectivity index (χ1n) is 6.10. The summed E-state index contributed by atoms with van der Waals surface area (Å²) < 4.78 is 5.75. The Morgan fingerprint density at radius 3 is 3.00 bits per heavy atom. The summed E-state index contributed by atoms with van der Waals surface area (Å²) in [7, 11) is 0. The molecule has 1 N–H and O–H groups in total. The number of hydrogen-bond acceptors (Lipinski definition) is 4. The monoisotopic (exact) mass is 231 g/mol. The molecule has 0 spiro atoms. The van der Waals surface area contributed by atoms with Crippen molar-refractivity contribution in [2.75, 3.05) is 26.2 Å². The molecule has 0 atom stereocenters. The summed E-state index contributed by atoms with van der Waals surface area (Å²) >= 11 is 0. The average molecular weight is 231 g/mol. The maximum atomic E-state index is 5.75. The van der Waals surface area contributed by atoms with Crippen LogP contribution in [0, 0.1) is 6.92 Å². The number of aromatic nitrogens is 1. The lowest BCUT2D eigenvalue weighted by molar-refractivity contribution is 0.214. The normalized spacial score (nSPS) is 17.7. The van der Waals surface area contributed by atoms with Crippen LogP contribution in [-0.4, -0.2) is 36.1 Å². The summed E-state index contributed by atoms with van der Waals surface area (Å²) in [6, 6.07) is 6.13. The number of hydrogen-bond donors (Lipinski definition) is 1. The van der Waals surface area contributed by atoms with E-state index in [0.29, 0.717) is 0 Å². The Kier molecular flexibility index (Phi) is 2.82. The SMILES string of the molecule is Cc1ccc2oc(CN3CCNCC3)nc2c1. The molecule has 0 radical (unpaired) electrons. The molecule has 17 heavy (non-hydrogen) atoms. The highest BCUT2D eigenvalue weighted by Crippen LogP contribution is 2.17. The molecule has 1 aromatic heterocycles. The molecular formula is C13H17N3O. The summed E-state index contributed by atoms with van der Waals surface area (Å²) in [5.41, 5.74) is 3.08. The molecule has 1 fully saturated rings. The highest BCUT2D eigenvalue weighted by Gasteiger charge is 2.13. The Labute approximate surface area is 101 Å². The largest absolute Gasteiger partial charge is 0.439 e. The third kappa shape index (κ3) is 2.33. The van der Waals surface area contributed by atoms with Crippen LogP contribution in [0.3, 0.4) is 0 Å². The van der Waals surface area contributed by atoms with E-state index in [0.717, 1.165) is 49.7 Å². The first-order valence-corrected chi connectivity index (χ1v) is 6.10. The van der Waals surface area contributed by atoms with Gasteiger partial charge in [-0.1, -0.05) is 6.07 Å². The summed E-state index contributed by atoms with van der Waals surface area (Å²) in [5, 5.41) is 3.34. The minimum absolute atomic E-state index is 0.815. The van der Waals surface area contributed by atoms with Crippen LogP contribution >= 0.6 is 0 Å². The second-order valence-corrected chi connectivity index (χ2v) is 4.60. The minimum atomic E-state index is 0.815. The van der Waals surface area contributed by atoms with Crippen LogP contribution in [-0.2, 0) is 6.54 Å². The van der Waals surface area contributed by atoms with Gasteiger partial charge < -0.3 is 9.73 Å². The summed E-state index contributed by atoms with van der Waals surface area (Å²) in [5.74, 6) is 0.826. The molecule has 1 aliphatic rings. The molecule has 0 aliphatic carbocycles. The topological polar surface area (TPSA) is 41.3 Å². The number of oxazole rings is 1. The van der Waals surface area contributed by atoms with E-state index in [1.807, 2.05) is 6.07 Å². The van der Waals surface area contributed by atoms with Crippen molar-refractivity contribution >= 4 is 11.1 Å². The zero-order valence-electron chi connectivity index (χ0n) is 10.1. The smallest absolute Gasteiger partial charge is 0.209 e. The second-order valence-electron chi connectivity index (χ2n) is 4.60. The van der Waals surface area contributed by atoms with Gasteiger partial charge >= 0.3 is 0 Å². The molecule has 1 aliphatic heterocycles. The van der Waals surface area contributed by atoms with Gasteiger partial charge in [0.15, 0.2) is 5.58 Å². The van der Waals surface area contributed by atoms with Gasteiger partial charge in [-0.05, 0) is 24.6 Å². The zero-order valence-corrected chi connectivity index (χ0v) is 10.1. The van der Waals surface area contributed by atoms with Crippen molar-refractivity contribution in [2.24, 2.45) is 0 Å².